The van der Waals surface area contributed by atoms with Gasteiger partial charge in [-0.25, -0.2) is 9.78 Å². The smallest absolute Gasteiger partial charge is 0.475 e. The number of hydrogen-bond acceptors (Lipinski definition) is 8. The molecular weight excluding hydrogens is 481 g/mol. The van der Waals surface area contributed by atoms with Crippen LogP contribution < -0.4 is 20.7 Å². The predicted molar refractivity (Wildman–Crippen MR) is 127 cm³/mol. The van der Waals surface area contributed by atoms with Gasteiger partial charge in [-0.1, -0.05) is 12.0 Å². The Morgan fingerprint density at radius 3 is 2.47 bits per heavy atom. The molecule has 1 aliphatic rings. The van der Waals surface area contributed by atoms with Crippen LogP contribution in [0.2, 0.25) is 0 Å². The highest BCUT2D eigenvalue weighted by Gasteiger charge is 2.38. The lowest BCUT2D eigenvalue weighted by atomic mass is 10.4. The molecule has 4 rings (SSSR count). The van der Waals surface area contributed by atoms with E-state index in [0.29, 0.717) is 29.5 Å². The topological polar surface area (TPSA) is 121 Å². The van der Waals surface area contributed by atoms with E-state index in [0.717, 1.165) is 32.1 Å². The fraction of sp³-hybridized carbons (Fsp3) is 0.409. The number of halogens is 3. The lowest BCUT2D eigenvalue weighted by Gasteiger charge is -2.28. The van der Waals surface area contributed by atoms with Crippen LogP contribution in [-0.4, -0.2) is 74.6 Å². The van der Waals surface area contributed by atoms with Crippen molar-refractivity contribution in [3.63, 3.8) is 0 Å². The normalized spacial score (nSPS) is 13.4. The number of pyridine rings is 1. The van der Waals surface area contributed by atoms with Gasteiger partial charge in [-0.15, -0.1) is 5.92 Å². The van der Waals surface area contributed by atoms with E-state index >= 15 is 0 Å². The molecule has 14 heteroatoms. The summed E-state index contributed by atoms with van der Waals surface area (Å²) in [6.45, 7) is 5.59. The minimum atomic E-state index is -5.08. The van der Waals surface area contributed by atoms with Crippen molar-refractivity contribution in [2.45, 2.75) is 19.6 Å². The number of rotatable bonds is 4. The summed E-state index contributed by atoms with van der Waals surface area (Å²) in [6, 6.07) is 5.62. The number of nitrogens with zero attached hydrogens (tertiary/aromatic N) is 7. The van der Waals surface area contributed by atoms with Crippen molar-refractivity contribution >= 4 is 34.8 Å². The van der Waals surface area contributed by atoms with Crippen molar-refractivity contribution in [3.05, 3.63) is 34.7 Å². The Bertz CT molecular complexity index is 1340. The van der Waals surface area contributed by atoms with Gasteiger partial charge >= 0.3 is 12.1 Å². The number of hydrogen-bond donors (Lipinski definition) is 2. The third kappa shape index (κ3) is 5.74. The van der Waals surface area contributed by atoms with Gasteiger partial charge in [0.05, 0.1) is 6.54 Å². The number of imidazole rings is 1. The first-order chi connectivity index (χ1) is 17.1. The molecule has 0 amide bonds. The van der Waals surface area contributed by atoms with Gasteiger partial charge in [0.15, 0.2) is 11.2 Å². The van der Waals surface area contributed by atoms with Gasteiger partial charge in [0.1, 0.15) is 5.82 Å². The minimum Gasteiger partial charge on any atom is -0.475 e. The molecule has 0 saturated carbocycles. The van der Waals surface area contributed by atoms with Crippen molar-refractivity contribution in [2.75, 3.05) is 43.0 Å². The maximum absolute atomic E-state index is 13.3. The van der Waals surface area contributed by atoms with Gasteiger partial charge in [0, 0.05) is 46.5 Å². The molecule has 192 valence electrons. The molecule has 11 nitrogen and oxygen atoms in total. The molecule has 0 spiro atoms. The third-order valence-corrected chi connectivity index (χ3v) is 5.29. The third-order valence-electron chi connectivity index (χ3n) is 5.29. The molecule has 1 fully saturated rings. The second-order valence-corrected chi connectivity index (χ2v) is 7.66. The molecule has 0 aromatic carbocycles. The minimum absolute atomic E-state index is 0.153. The molecule has 2 N–H and O–H groups in total. The van der Waals surface area contributed by atoms with Crippen molar-refractivity contribution in [2.24, 2.45) is 7.05 Å². The second-order valence-electron chi connectivity index (χ2n) is 7.66. The number of piperazine rings is 1. The standard InChI is InChI=1S/C20H24N8O.C2HF3O2/c1-4-5-12-28-16-17(24-20(28)27-13-10-21-11-14-27)23-19(26(3)18(16)29)25(2)15-8-6-7-9-22-15;3-2(4,5)1(6)7/h6-9,21H,10-14H2,1-3H3;(H,6,7). The molecule has 4 heterocycles. The highest BCUT2D eigenvalue weighted by atomic mass is 19.4. The average Bonchev–Trinajstić information content (AvgIpc) is 3.24. The van der Waals surface area contributed by atoms with Crippen molar-refractivity contribution < 1.29 is 23.1 Å². The second kappa shape index (κ2) is 11.1. The maximum Gasteiger partial charge on any atom is 0.490 e. The zero-order chi connectivity index (χ0) is 26.5. The first-order valence-corrected chi connectivity index (χ1v) is 10.8. The molecule has 0 aliphatic carbocycles. The maximum atomic E-state index is 13.3. The molecule has 3 aromatic rings. The fourth-order valence-corrected chi connectivity index (χ4v) is 3.51. The summed E-state index contributed by atoms with van der Waals surface area (Å²) in [5.41, 5.74) is 0.749. The lowest BCUT2D eigenvalue weighted by molar-refractivity contribution is -0.192. The number of nitrogens with one attached hydrogen (secondary N) is 1. The summed E-state index contributed by atoms with van der Waals surface area (Å²) in [5.74, 6) is 5.15. The number of aliphatic carboxylic acids is 1. The van der Waals surface area contributed by atoms with Gasteiger partial charge < -0.3 is 15.3 Å². The van der Waals surface area contributed by atoms with Crippen molar-refractivity contribution in [1.82, 2.24) is 29.4 Å². The number of anilines is 3. The van der Waals surface area contributed by atoms with Crippen LogP contribution in [0, 0.1) is 11.8 Å². The van der Waals surface area contributed by atoms with E-state index < -0.39 is 12.1 Å². The monoisotopic (exact) mass is 506 g/mol. The molecule has 36 heavy (non-hydrogen) atoms. The number of carboxylic acid groups (broad SMARTS) is 1. The Balaban J connectivity index is 0.000000454. The van der Waals surface area contributed by atoms with Gasteiger partial charge in [-0.2, -0.15) is 23.1 Å². The first kappa shape index (κ1) is 26.5. The van der Waals surface area contributed by atoms with Crippen LogP contribution in [0.5, 0.6) is 0 Å². The molecule has 0 unspecified atom stereocenters. The molecule has 0 atom stereocenters. The highest BCUT2D eigenvalue weighted by Crippen LogP contribution is 2.23. The van der Waals surface area contributed by atoms with Gasteiger partial charge in [0.25, 0.3) is 5.56 Å². The van der Waals surface area contributed by atoms with Crippen LogP contribution in [0.4, 0.5) is 30.9 Å². The molecule has 0 bridgehead atoms. The molecule has 0 radical (unpaired) electrons. The number of fused-ring (bicyclic) bond motifs is 1. The SMILES string of the molecule is CC#CCn1c(N2CCNCC2)nc2nc(N(C)c3ccccn3)n(C)c(=O)c21.O=C(O)C(F)(F)F. The number of carbonyl (C=O) groups is 1. The summed E-state index contributed by atoms with van der Waals surface area (Å²) in [6.07, 6.45) is -3.37. The van der Waals surface area contributed by atoms with Crippen LogP contribution in [0.25, 0.3) is 11.2 Å². The van der Waals surface area contributed by atoms with Crippen molar-refractivity contribution in [1.29, 1.82) is 0 Å². The predicted octanol–water partition coefficient (Wildman–Crippen LogP) is 1.36. The molecule has 1 saturated heterocycles. The Labute approximate surface area is 204 Å². The summed E-state index contributed by atoms with van der Waals surface area (Å²) >= 11 is 0. The van der Waals surface area contributed by atoms with Crippen LogP contribution in [0.3, 0.4) is 0 Å². The highest BCUT2D eigenvalue weighted by molar-refractivity contribution is 5.76. The van der Waals surface area contributed by atoms with E-state index in [-0.39, 0.29) is 5.56 Å². The summed E-state index contributed by atoms with van der Waals surface area (Å²) in [5, 5.41) is 10.5. The largest absolute Gasteiger partial charge is 0.490 e. The van der Waals surface area contributed by atoms with E-state index in [9.17, 15) is 18.0 Å². The van der Waals surface area contributed by atoms with Crippen LogP contribution in [0.15, 0.2) is 29.2 Å². The van der Waals surface area contributed by atoms with Crippen molar-refractivity contribution in [3.8, 4) is 11.8 Å². The Kier molecular flexibility index (Phi) is 8.15. The molecule has 1 aliphatic heterocycles. The van der Waals surface area contributed by atoms with Gasteiger partial charge in [-0.3, -0.25) is 18.8 Å². The summed E-state index contributed by atoms with van der Waals surface area (Å²) < 4.78 is 35.2. The number of alkyl halides is 3. The number of aromatic nitrogens is 5. The van der Waals surface area contributed by atoms with Crippen LogP contribution >= 0.6 is 0 Å². The zero-order valence-corrected chi connectivity index (χ0v) is 19.9. The van der Waals surface area contributed by atoms with Gasteiger partial charge in [-0.05, 0) is 19.1 Å². The van der Waals surface area contributed by atoms with E-state index in [1.54, 1.807) is 25.1 Å². The van der Waals surface area contributed by atoms with E-state index in [1.807, 2.05) is 29.8 Å². The van der Waals surface area contributed by atoms with Gasteiger partial charge in [0.2, 0.25) is 11.9 Å². The van der Waals surface area contributed by atoms with E-state index in [4.69, 9.17) is 19.9 Å². The number of carboxylic acids is 1. The van der Waals surface area contributed by atoms with E-state index in [2.05, 4.69) is 27.0 Å². The molecule has 3 aromatic heterocycles. The molecular formula is C22H25F3N8O3. The summed E-state index contributed by atoms with van der Waals surface area (Å²) in [4.78, 5) is 40.0. The lowest BCUT2D eigenvalue weighted by Crippen LogP contribution is -2.44. The quantitative estimate of drug-likeness (QED) is 0.505. The van der Waals surface area contributed by atoms with E-state index in [1.165, 1.54) is 4.57 Å². The average molecular weight is 506 g/mol. The Morgan fingerprint density at radius 1 is 1.25 bits per heavy atom. The Morgan fingerprint density at radius 2 is 1.92 bits per heavy atom. The Hall–Kier alpha value is -4.12. The van der Waals surface area contributed by atoms with Crippen LogP contribution in [-0.2, 0) is 18.4 Å². The zero-order valence-electron chi connectivity index (χ0n) is 19.9. The fourth-order valence-electron chi connectivity index (χ4n) is 3.51. The summed E-state index contributed by atoms with van der Waals surface area (Å²) in [7, 11) is 3.56. The first-order valence-electron chi connectivity index (χ1n) is 10.8. The van der Waals surface area contributed by atoms with Crippen LogP contribution in [0.1, 0.15) is 6.92 Å².